The number of carbonyl (C=O) groups excluding carboxylic acids is 2. The average molecular weight is 741 g/mol. The van der Waals surface area contributed by atoms with Crippen molar-refractivity contribution in [2.45, 2.75) is 57.1 Å². The van der Waals surface area contributed by atoms with Gasteiger partial charge in [-0.2, -0.15) is 0 Å². The van der Waals surface area contributed by atoms with Crippen molar-refractivity contribution in [2.24, 2.45) is 0 Å². The van der Waals surface area contributed by atoms with Crippen LogP contribution in [0.5, 0.6) is 5.75 Å². The summed E-state index contributed by atoms with van der Waals surface area (Å²) in [5.41, 5.74) is 1.97. The molecule has 2 amide bonds. The summed E-state index contributed by atoms with van der Waals surface area (Å²) in [5.74, 6) is -0.742. The number of nitrogens with one attached hydrogen (secondary N) is 1. The molecule has 1 N–H and O–H groups in total. The number of amides is 2. The second-order valence-corrected chi connectivity index (χ2v) is 15.5. The molecule has 0 radical (unpaired) electrons. The molecule has 0 saturated heterocycles. The first-order valence-corrected chi connectivity index (χ1v) is 17.6. The second-order valence-electron chi connectivity index (χ2n) is 12.2. The van der Waals surface area contributed by atoms with E-state index in [4.69, 9.17) is 16.3 Å². The fourth-order valence-electron chi connectivity index (χ4n) is 5.05. The normalized spacial score (nSPS) is 12.2. The summed E-state index contributed by atoms with van der Waals surface area (Å²) in [7, 11) is -2.91. The molecule has 4 rings (SSSR count). The van der Waals surface area contributed by atoms with Gasteiger partial charge in [-0.05, 0) is 81.3 Å². The monoisotopic (exact) mass is 739 g/mol. The minimum absolute atomic E-state index is 0.0113. The number of hydrogen-bond acceptors (Lipinski definition) is 5. The van der Waals surface area contributed by atoms with Crippen LogP contribution in [0, 0.1) is 6.92 Å². The number of nitrogens with zero attached hydrogens (tertiary/aromatic N) is 2. The highest BCUT2D eigenvalue weighted by Gasteiger charge is 2.36. The largest absolute Gasteiger partial charge is 0.495 e. The molecule has 0 aromatic heterocycles. The first kappa shape index (κ1) is 36.0. The van der Waals surface area contributed by atoms with Crippen molar-refractivity contribution < 1.29 is 22.7 Å². The van der Waals surface area contributed by atoms with E-state index in [2.05, 4.69) is 21.2 Å². The third-order valence-corrected chi connectivity index (χ3v) is 9.81. The third-order valence-electron chi connectivity index (χ3n) is 7.31. The summed E-state index contributed by atoms with van der Waals surface area (Å²) in [6.07, 6.45) is 0.202. The molecule has 248 valence electrons. The summed E-state index contributed by atoms with van der Waals surface area (Å²) in [4.78, 5) is 30.2. The van der Waals surface area contributed by atoms with E-state index in [1.165, 1.54) is 30.2 Å². The molecule has 0 aliphatic rings. The van der Waals surface area contributed by atoms with E-state index in [0.717, 1.165) is 25.5 Å². The molecule has 1 unspecified atom stereocenters. The Labute approximate surface area is 290 Å². The van der Waals surface area contributed by atoms with Crippen molar-refractivity contribution in [1.82, 2.24) is 10.2 Å². The zero-order valence-electron chi connectivity index (χ0n) is 27.0. The average Bonchev–Trinajstić information content (AvgIpc) is 3.01. The fraction of sp³-hybridized carbons (Fsp3) is 0.278. The molecule has 0 bridgehead atoms. The Morgan fingerprint density at radius 2 is 1.57 bits per heavy atom. The zero-order chi connectivity index (χ0) is 34.4. The number of rotatable bonds is 12. The Hall–Kier alpha value is -3.86. The molecule has 0 spiro atoms. The van der Waals surface area contributed by atoms with Gasteiger partial charge in [-0.1, -0.05) is 87.7 Å². The SMILES string of the molecule is COc1ccc(Cl)cc1N(CC(=O)N(Cc1cccc(Br)c1)C(Cc1ccccc1)C(=O)NC(C)(C)C)S(=O)(=O)c1ccc(C)cc1. The number of benzene rings is 4. The van der Waals surface area contributed by atoms with Gasteiger partial charge >= 0.3 is 0 Å². The van der Waals surface area contributed by atoms with Gasteiger partial charge in [0.15, 0.2) is 0 Å². The minimum Gasteiger partial charge on any atom is -0.495 e. The molecule has 0 fully saturated rings. The lowest BCUT2D eigenvalue weighted by Gasteiger charge is -2.35. The minimum atomic E-state index is -4.32. The third kappa shape index (κ3) is 9.59. The van der Waals surface area contributed by atoms with Crippen LogP contribution in [0.15, 0.2) is 106 Å². The van der Waals surface area contributed by atoms with Gasteiger partial charge in [-0.3, -0.25) is 13.9 Å². The maximum Gasteiger partial charge on any atom is 0.264 e. The van der Waals surface area contributed by atoms with Crippen molar-refractivity contribution >= 4 is 55.1 Å². The van der Waals surface area contributed by atoms with Crippen LogP contribution in [0.2, 0.25) is 5.02 Å². The number of halogens is 2. The van der Waals surface area contributed by atoms with Crippen molar-refractivity contribution in [2.75, 3.05) is 18.0 Å². The number of ether oxygens (including phenoxy) is 1. The van der Waals surface area contributed by atoms with E-state index >= 15 is 0 Å². The van der Waals surface area contributed by atoms with Gasteiger partial charge in [-0.25, -0.2) is 8.42 Å². The molecule has 4 aromatic rings. The summed E-state index contributed by atoms with van der Waals surface area (Å²) >= 11 is 9.87. The van der Waals surface area contributed by atoms with Crippen LogP contribution in [-0.2, 0) is 32.6 Å². The first-order valence-electron chi connectivity index (χ1n) is 15.0. The fourth-order valence-corrected chi connectivity index (χ4v) is 7.08. The van der Waals surface area contributed by atoms with Gasteiger partial charge < -0.3 is 15.0 Å². The predicted octanol–water partition coefficient (Wildman–Crippen LogP) is 7.17. The van der Waals surface area contributed by atoms with E-state index in [9.17, 15) is 18.0 Å². The van der Waals surface area contributed by atoms with Crippen LogP contribution >= 0.6 is 27.5 Å². The van der Waals surface area contributed by atoms with Crippen molar-refractivity contribution in [3.05, 3.63) is 123 Å². The van der Waals surface area contributed by atoms with Gasteiger partial charge in [0.25, 0.3) is 10.0 Å². The van der Waals surface area contributed by atoms with E-state index < -0.39 is 34.1 Å². The van der Waals surface area contributed by atoms with Gasteiger partial charge in [0.05, 0.1) is 17.7 Å². The molecule has 0 aliphatic carbocycles. The van der Waals surface area contributed by atoms with Gasteiger partial charge in [0, 0.05) is 28.0 Å². The Kier molecular flexibility index (Phi) is 11.8. The van der Waals surface area contributed by atoms with Gasteiger partial charge in [0.1, 0.15) is 18.3 Å². The number of methoxy groups -OCH3 is 1. The summed E-state index contributed by atoms with van der Waals surface area (Å²) < 4.78 is 36.0. The van der Waals surface area contributed by atoms with E-state index in [1.807, 2.05) is 82.3 Å². The quantitative estimate of drug-likeness (QED) is 0.166. The highest BCUT2D eigenvalue weighted by atomic mass is 79.9. The summed E-state index contributed by atoms with van der Waals surface area (Å²) in [6, 6.07) is 26.8. The number of aryl methyl sites for hydroxylation is 1. The van der Waals surface area contributed by atoms with Crippen LogP contribution in [0.1, 0.15) is 37.5 Å². The van der Waals surface area contributed by atoms with Crippen LogP contribution in [-0.4, -0.2) is 50.4 Å². The van der Waals surface area contributed by atoms with Crippen molar-refractivity contribution in [3.8, 4) is 5.75 Å². The lowest BCUT2D eigenvalue weighted by Crippen LogP contribution is -2.56. The molecule has 0 aliphatic heterocycles. The molecular formula is C36H39BrClN3O5S. The maximum absolute atomic E-state index is 14.7. The summed E-state index contributed by atoms with van der Waals surface area (Å²) in [6.45, 7) is 6.87. The molecule has 0 saturated carbocycles. The molecule has 8 nitrogen and oxygen atoms in total. The Balaban J connectivity index is 1.87. The van der Waals surface area contributed by atoms with Gasteiger partial charge in [-0.15, -0.1) is 0 Å². The highest BCUT2D eigenvalue weighted by molar-refractivity contribution is 9.10. The zero-order valence-corrected chi connectivity index (χ0v) is 30.2. The highest BCUT2D eigenvalue weighted by Crippen LogP contribution is 2.35. The molecule has 47 heavy (non-hydrogen) atoms. The topological polar surface area (TPSA) is 96.0 Å². The number of carbonyl (C=O) groups is 2. The number of anilines is 1. The first-order chi connectivity index (χ1) is 22.2. The Morgan fingerprint density at radius 3 is 2.19 bits per heavy atom. The molecule has 11 heteroatoms. The van der Waals surface area contributed by atoms with Gasteiger partial charge in [0.2, 0.25) is 11.8 Å². The van der Waals surface area contributed by atoms with Crippen LogP contribution < -0.4 is 14.4 Å². The number of sulfonamides is 1. The lowest BCUT2D eigenvalue weighted by atomic mass is 10.0. The van der Waals surface area contributed by atoms with Crippen LogP contribution in [0.3, 0.4) is 0 Å². The van der Waals surface area contributed by atoms with Crippen LogP contribution in [0.25, 0.3) is 0 Å². The van der Waals surface area contributed by atoms with Crippen molar-refractivity contribution in [3.63, 3.8) is 0 Å². The number of hydrogen-bond donors (Lipinski definition) is 1. The molecule has 4 aromatic carbocycles. The predicted molar refractivity (Wildman–Crippen MR) is 190 cm³/mol. The van der Waals surface area contributed by atoms with Crippen molar-refractivity contribution in [1.29, 1.82) is 0 Å². The lowest BCUT2D eigenvalue weighted by molar-refractivity contribution is -0.140. The van der Waals surface area contributed by atoms with Crippen LogP contribution in [0.4, 0.5) is 5.69 Å². The second kappa shape index (κ2) is 15.4. The molecule has 1 atom stereocenters. The smallest absolute Gasteiger partial charge is 0.264 e. The van der Waals surface area contributed by atoms with E-state index in [1.54, 1.807) is 24.3 Å². The molecular weight excluding hydrogens is 702 g/mol. The van der Waals surface area contributed by atoms with E-state index in [-0.39, 0.29) is 40.2 Å². The van der Waals surface area contributed by atoms with E-state index in [0.29, 0.717) is 0 Å². The summed E-state index contributed by atoms with van der Waals surface area (Å²) in [5, 5.41) is 3.29. The molecule has 0 heterocycles. The maximum atomic E-state index is 14.7. The standard InChI is InChI=1S/C36H39BrClN3O5S/c1-25-14-17-30(18-15-25)47(44,45)41(31-22-29(38)16-19-33(31)46-5)24-34(42)40(23-27-12-9-13-28(37)20-27)32(35(43)39-36(2,3)4)21-26-10-7-6-8-11-26/h6-20,22,32H,21,23-24H2,1-5H3,(H,39,43). The Morgan fingerprint density at radius 1 is 0.915 bits per heavy atom. The Bertz CT molecular complexity index is 1810.